The lowest BCUT2D eigenvalue weighted by Crippen LogP contribution is -2.35. The highest BCUT2D eigenvalue weighted by molar-refractivity contribution is 7.86. The van der Waals surface area contributed by atoms with E-state index in [1.165, 1.54) is 0 Å². The van der Waals surface area contributed by atoms with Crippen molar-refractivity contribution in [2.24, 2.45) is 0 Å². The van der Waals surface area contributed by atoms with Crippen LogP contribution in [0.25, 0.3) is 10.8 Å². The Morgan fingerprint density at radius 3 is 2.52 bits per heavy atom. The molecule has 0 aliphatic carbocycles. The second-order valence-electron chi connectivity index (χ2n) is 6.31. The zero-order valence-electron chi connectivity index (χ0n) is 13.8. The Balaban J connectivity index is 1.78. The van der Waals surface area contributed by atoms with Gasteiger partial charge in [-0.3, -0.25) is 9.00 Å². The molecule has 0 saturated heterocycles. The van der Waals surface area contributed by atoms with Crippen LogP contribution in [0.4, 0.5) is 0 Å². The van der Waals surface area contributed by atoms with E-state index in [4.69, 9.17) is 4.74 Å². The first-order chi connectivity index (χ1) is 10.9. The van der Waals surface area contributed by atoms with E-state index >= 15 is 0 Å². The first-order valence-electron chi connectivity index (χ1n) is 7.63. The van der Waals surface area contributed by atoms with Gasteiger partial charge in [-0.05, 0) is 43.7 Å². The number of benzene rings is 2. The number of amides is 1. The molecule has 0 fully saturated rings. The maximum absolute atomic E-state index is 11.9. The van der Waals surface area contributed by atoms with E-state index in [-0.39, 0.29) is 17.3 Å². The van der Waals surface area contributed by atoms with Crippen molar-refractivity contribution in [3.63, 3.8) is 0 Å². The standard InChI is InChI=1S/C18H23NO3S/c1-18(2,3)23(21)11-10-19-17(20)13-22-16-9-8-14-6-4-5-7-15(14)12-16/h4-9,12H,10-11,13H2,1-3H3,(H,19,20). The van der Waals surface area contributed by atoms with Gasteiger partial charge in [0.05, 0.1) is 0 Å². The molecular weight excluding hydrogens is 310 g/mol. The van der Waals surface area contributed by atoms with E-state index in [1.54, 1.807) is 0 Å². The van der Waals surface area contributed by atoms with Crippen LogP contribution in [0.3, 0.4) is 0 Å². The third-order valence-corrected chi connectivity index (χ3v) is 5.32. The van der Waals surface area contributed by atoms with Gasteiger partial charge in [0.15, 0.2) is 6.61 Å². The highest BCUT2D eigenvalue weighted by Gasteiger charge is 2.18. The first kappa shape index (κ1) is 17.5. The summed E-state index contributed by atoms with van der Waals surface area (Å²) in [5, 5.41) is 4.94. The Morgan fingerprint density at radius 2 is 1.83 bits per heavy atom. The third kappa shape index (κ3) is 5.36. The van der Waals surface area contributed by atoms with Crippen LogP contribution in [-0.2, 0) is 15.6 Å². The number of carbonyl (C=O) groups is 1. The lowest BCUT2D eigenvalue weighted by Gasteiger charge is -2.17. The van der Waals surface area contributed by atoms with E-state index in [9.17, 15) is 9.00 Å². The van der Waals surface area contributed by atoms with Crippen LogP contribution in [0.5, 0.6) is 5.75 Å². The summed E-state index contributed by atoms with van der Waals surface area (Å²) in [7, 11) is -0.965. The Morgan fingerprint density at radius 1 is 1.13 bits per heavy atom. The van der Waals surface area contributed by atoms with Gasteiger partial charge in [0, 0.05) is 27.8 Å². The molecule has 0 radical (unpaired) electrons. The van der Waals surface area contributed by atoms with Crippen LogP contribution in [0.1, 0.15) is 20.8 Å². The summed E-state index contributed by atoms with van der Waals surface area (Å²) in [6.45, 7) is 6.12. The summed E-state index contributed by atoms with van der Waals surface area (Å²) in [6.07, 6.45) is 0. The zero-order chi connectivity index (χ0) is 16.9. The van der Waals surface area contributed by atoms with Crippen molar-refractivity contribution < 1.29 is 13.7 Å². The largest absolute Gasteiger partial charge is 0.484 e. The minimum atomic E-state index is -0.965. The average Bonchev–Trinajstić information content (AvgIpc) is 2.51. The van der Waals surface area contributed by atoms with E-state index < -0.39 is 10.8 Å². The maximum Gasteiger partial charge on any atom is 0.257 e. The monoisotopic (exact) mass is 333 g/mol. The van der Waals surface area contributed by atoms with Crippen LogP contribution in [-0.4, -0.2) is 33.8 Å². The molecule has 2 aromatic rings. The van der Waals surface area contributed by atoms with Crippen molar-refractivity contribution in [1.29, 1.82) is 0 Å². The van der Waals surface area contributed by atoms with Gasteiger partial charge in [0.25, 0.3) is 5.91 Å². The lowest BCUT2D eigenvalue weighted by molar-refractivity contribution is -0.122. The molecule has 0 aromatic heterocycles. The van der Waals surface area contributed by atoms with Gasteiger partial charge >= 0.3 is 0 Å². The normalized spacial score (nSPS) is 12.8. The molecule has 0 aliphatic rings. The second-order valence-corrected chi connectivity index (χ2v) is 8.63. The number of hydrogen-bond donors (Lipinski definition) is 1. The molecule has 0 saturated carbocycles. The highest BCUT2D eigenvalue weighted by Crippen LogP contribution is 2.20. The summed E-state index contributed by atoms with van der Waals surface area (Å²) < 4.78 is 17.1. The molecule has 124 valence electrons. The van der Waals surface area contributed by atoms with Crippen LogP contribution in [0, 0.1) is 0 Å². The molecule has 2 rings (SSSR count). The fraction of sp³-hybridized carbons (Fsp3) is 0.389. The third-order valence-electron chi connectivity index (χ3n) is 3.38. The van der Waals surface area contributed by atoms with Gasteiger partial charge in [0.2, 0.25) is 0 Å². The van der Waals surface area contributed by atoms with Crippen LogP contribution in [0.2, 0.25) is 0 Å². The van der Waals surface area contributed by atoms with Crippen molar-refractivity contribution in [1.82, 2.24) is 5.32 Å². The summed E-state index contributed by atoms with van der Waals surface area (Å²) in [6, 6.07) is 13.7. The molecule has 0 spiro atoms. The van der Waals surface area contributed by atoms with Gasteiger partial charge in [-0.1, -0.05) is 30.3 Å². The minimum Gasteiger partial charge on any atom is -0.484 e. The first-order valence-corrected chi connectivity index (χ1v) is 8.95. The quantitative estimate of drug-likeness (QED) is 0.884. The number of fused-ring (bicyclic) bond motifs is 1. The van der Waals surface area contributed by atoms with E-state index in [0.717, 1.165) is 10.8 Å². The van der Waals surface area contributed by atoms with Gasteiger partial charge < -0.3 is 10.1 Å². The molecule has 4 nitrogen and oxygen atoms in total. The Bertz CT molecular complexity index is 707. The van der Waals surface area contributed by atoms with Crippen molar-refractivity contribution in [2.75, 3.05) is 18.9 Å². The predicted molar refractivity (Wildman–Crippen MR) is 95.2 cm³/mol. The number of hydrogen-bond acceptors (Lipinski definition) is 3. The van der Waals surface area contributed by atoms with Crippen molar-refractivity contribution in [3.8, 4) is 5.75 Å². The molecule has 23 heavy (non-hydrogen) atoms. The average molecular weight is 333 g/mol. The summed E-state index contributed by atoms with van der Waals surface area (Å²) in [5.41, 5.74) is 0. The zero-order valence-corrected chi connectivity index (χ0v) is 14.6. The maximum atomic E-state index is 11.9. The molecule has 5 heteroatoms. The smallest absolute Gasteiger partial charge is 0.257 e. The molecule has 1 unspecified atom stereocenters. The number of nitrogens with one attached hydrogen (secondary N) is 1. The molecule has 2 aromatic carbocycles. The van der Waals surface area contributed by atoms with Crippen molar-refractivity contribution >= 4 is 27.5 Å². The number of carbonyl (C=O) groups excluding carboxylic acids is 1. The molecule has 0 aliphatic heterocycles. The Kier molecular flexibility index (Phi) is 5.77. The van der Waals surface area contributed by atoms with E-state index in [2.05, 4.69) is 5.32 Å². The molecule has 0 heterocycles. The van der Waals surface area contributed by atoms with Gasteiger partial charge in [-0.25, -0.2) is 0 Å². The topological polar surface area (TPSA) is 55.4 Å². The summed E-state index contributed by atoms with van der Waals surface area (Å²) in [5.74, 6) is 0.909. The van der Waals surface area contributed by atoms with Gasteiger partial charge in [0.1, 0.15) is 5.75 Å². The fourth-order valence-corrected chi connectivity index (χ4v) is 2.95. The number of ether oxygens (including phenoxy) is 1. The molecule has 0 bridgehead atoms. The number of rotatable bonds is 6. The van der Waals surface area contributed by atoms with E-state index in [0.29, 0.717) is 18.0 Å². The van der Waals surface area contributed by atoms with Gasteiger partial charge in [-0.15, -0.1) is 0 Å². The molecule has 1 N–H and O–H groups in total. The molecular formula is C18H23NO3S. The van der Waals surface area contributed by atoms with Crippen molar-refractivity contribution in [3.05, 3.63) is 42.5 Å². The summed E-state index contributed by atoms with van der Waals surface area (Å²) >= 11 is 0. The Labute approximate surface area is 139 Å². The predicted octanol–water partition coefficient (Wildman–Crippen LogP) is 2.88. The fourth-order valence-electron chi connectivity index (χ4n) is 2.05. The Hall–Kier alpha value is -1.88. The van der Waals surface area contributed by atoms with Crippen LogP contribution < -0.4 is 10.1 Å². The second kappa shape index (κ2) is 7.59. The highest BCUT2D eigenvalue weighted by atomic mass is 32.2. The van der Waals surface area contributed by atoms with Crippen LogP contribution in [0.15, 0.2) is 42.5 Å². The van der Waals surface area contributed by atoms with Gasteiger partial charge in [-0.2, -0.15) is 0 Å². The summed E-state index contributed by atoms with van der Waals surface area (Å²) in [4.78, 5) is 11.8. The minimum absolute atomic E-state index is 0.0412. The van der Waals surface area contributed by atoms with Crippen molar-refractivity contribution in [2.45, 2.75) is 25.5 Å². The lowest BCUT2D eigenvalue weighted by atomic mass is 10.1. The molecule has 1 amide bonds. The van der Waals surface area contributed by atoms with E-state index in [1.807, 2.05) is 63.2 Å². The molecule has 1 atom stereocenters. The van der Waals surface area contributed by atoms with Crippen LogP contribution >= 0.6 is 0 Å². The SMILES string of the molecule is CC(C)(C)S(=O)CCNC(=O)COc1ccc2ccccc2c1.